The summed E-state index contributed by atoms with van der Waals surface area (Å²) in [6.45, 7) is 3.89. The summed E-state index contributed by atoms with van der Waals surface area (Å²) < 4.78 is 1.28. The quantitative estimate of drug-likeness (QED) is 0.514. The summed E-state index contributed by atoms with van der Waals surface area (Å²) >= 11 is 3.41. The molecule has 1 aromatic rings. The maximum atomic E-state index is 11.9. The molecule has 18 heavy (non-hydrogen) atoms. The van der Waals surface area contributed by atoms with Crippen LogP contribution in [0.15, 0.2) is 12.1 Å². The molecule has 0 saturated carbocycles. The molecular formula is C11H16BrN3O3. The molecule has 0 spiro atoms. The topological polar surface area (TPSA) is 77.2 Å². The molecule has 6 nitrogen and oxygen atoms in total. The summed E-state index contributed by atoms with van der Waals surface area (Å²) in [5, 5.41) is 13.5. The van der Waals surface area contributed by atoms with Crippen LogP contribution in [-0.4, -0.2) is 26.3 Å². The van der Waals surface area contributed by atoms with Gasteiger partial charge in [0.1, 0.15) is 0 Å². The van der Waals surface area contributed by atoms with Crippen molar-refractivity contribution in [3.8, 4) is 0 Å². The van der Waals surface area contributed by atoms with Crippen LogP contribution in [0.5, 0.6) is 0 Å². The molecule has 0 radical (unpaired) electrons. The molecule has 1 aromatic heterocycles. The van der Waals surface area contributed by atoms with Gasteiger partial charge < -0.3 is 15.4 Å². The molecule has 2 atom stereocenters. The van der Waals surface area contributed by atoms with Crippen LogP contribution in [0.25, 0.3) is 0 Å². The average molecular weight is 318 g/mol. The predicted octanol–water partition coefficient (Wildman–Crippen LogP) is 2.23. The molecule has 1 rings (SSSR count). The van der Waals surface area contributed by atoms with E-state index in [1.165, 1.54) is 23.7 Å². The van der Waals surface area contributed by atoms with Crippen LogP contribution in [0.1, 0.15) is 30.8 Å². The van der Waals surface area contributed by atoms with Crippen LogP contribution < -0.4 is 5.32 Å². The van der Waals surface area contributed by atoms with Crippen LogP contribution in [0.4, 0.5) is 5.82 Å². The van der Waals surface area contributed by atoms with E-state index in [4.69, 9.17) is 0 Å². The van der Waals surface area contributed by atoms with Gasteiger partial charge in [0.2, 0.25) is 0 Å². The number of amides is 1. The zero-order valence-electron chi connectivity index (χ0n) is 10.5. The SMILES string of the molecule is CC(Br)CC(C)NC(=O)c1ccc([N+](=O)[O-])n1C. The number of rotatable bonds is 5. The summed E-state index contributed by atoms with van der Waals surface area (Å²) in [6, 6.07) is 2.78. The van der Waals surface area contributed by atoms with Crippen molar-refractivity contribution in [1.82, 2.24) is 9.88 Å². The van der Waals surface area contributed by atoms with E-state index in [-0.39, 0.29) is 23.5 Å². The van der Waals surface area contributed by atoms with Gasteiger partial charge in [0, 0.05) is 16.9 Å². The summed E-state index contributed by atoms with van der Waals surface area (Å²) in [6.07, 6.45) is 0.790. The third kappa shape index (κ3) is 3.56. The molecule has 1 heterocycles. The highest BCUT2D eigenvalue weighted by Gasteiger charge is 2.21. The van der Waals surface area contributed by atoms with E-state index in [0.717, 1.165) is 6.42 Å². The number of nitro groups is 1. The number of hydrogen-bond acceptors (Lipinski definition) is 3. The Morgan fingerprint density at radius 3 is 2.61 bits per heavy atom. The highest BCUT2D eigenvalue weighted by Crippen LogP contribution is 2.15. The van der Waals surface area contributed by atoms with E-state index in [2.05, 4.69) is 21.2 Å². The first-order chi connectivity index (χ1) is 8.32. The molecule has 0 aromatic carbocycles. The fourth-order valence-electron chi connectivity index (χ4n) is 1.76. The number of halogens is 1. The number of nitrogens with zero attached hydrogens (tertiary/aromatic N) is 2. The zero-order valence-corrected chi connectivity index (χ0v) is 12.1. The lowest BCUT2D eigenvalue weighted by Gasteiger charge is -2.14. The summed E-state index contributed by atoms with van der Waals surface area (Å²) in [4.78, 5) is 22.4. The molecule has 0 aliphatic rings. The lowest BCUT2D eigenvalue weighted by atomic mass is 10.2. The number of hydrogen-bond donors (Lipinski definition) is 1. The molecule has 2 unspecified atom stereocenters. The van der Waals surface area contributed by atoms with E-state index < -0.39 is 4.92 Å². The minimum absolute atomic E-state index is 0.000770. The maximum absolute atomic E-state index is 11.9. The third-order valence-electron chi connectivity index (χ3n) is 2.57. The first-order valence-electron chi connectivity index (χ1n) is 5.58. The average Bonchev–Trinajstić information content (AvgIpc) is 2.58. The van der Waals surface area contributed by atoms with E-state index in [0.29, 0.717) is 4.83 Å². The number of carbonyl (C=O) groups excluding carboxylic acids is 1. The Hall–Kier alpha value is -1.37. The van der Waals surface area contributed by atoms with Gasteiger partial charge in [-0.2, -0.15) is 0 Å². The molecule has 1 N–H and O–H groups in total. The van der Waals surface area contributed by atoms with Crippen LogP contribution >= 0.6 is 15.9 Å². The van der Waals surface area contributed by atoms with E-state index in [1.807, 2.05) is 13.8 Å². The smallest absolute Gasteiger partial charge is 0.323 e. The first-order valence-corrected chi connectivity index (χ1v) is 6.49. The minimum Gasteiger partial charge on any atom is -0.358 e. The van der Waals surface area contributed by atoms with Crippen molar-refractivity contribution < 1.29 is 9.72 Å². The van der Waals surface area contributed by atoms with Gasteiger partial charge in [-0.15, -0.1) is 0 Å². The van der Waals surface area contributed by atoms with Gasteiger partial charge in [-0.25, -0.2) is 4.57 Å². The number of nitrogens with one attached hydrogen (secondary N) is 1. The van der Waals surface area contributed by atoms with Crippen molar-refractivity contribution in [3.05, 3.63) is 27.9 Å². The Balaban J connectivity index is 2.76. The van der Waals surface area contributed by atoms with Crippen molar-refractivity contribution in [2.75, 3.05) is 0 Å². The standard InChI is InChI=1S/C11H16BrN3O3/c1-7(12)6-8(2)13-11(16)9-4-5-10(14(9)3)15(17)18/h4-5,7-8H,6H2,1-3H3,(H,13,16). The first kappa shape index (κ1) is 14.7. The second-order valence-corrected chi connectivity index (χ2v) is 5.85. The van der Waals surface area contributed by atoms with Crippen LogP contribution in [-0.2, 0) is 7.05 Å². The fraction of sp³-hybridized carbons (Fsp3) is 0.545. The number of alkyl halides is 1. The van der Waals surface area contributed by atoms with E-state index >= 15 is 0 Å². The lowest BCUT2D eigenvalue weighted by molar-refractivity contribution is -0.391. The second-order valence-electron chi connectivity index (χ2n) is 4.28. The second kappa shape index (κ2) is 5.99. The van der Waals surface area contributed by atoms with Crippen molar-refractivity contribution in [1.29, 1.82) is 0 Å². The predicted molar refractivity (Wildman–Crippen MR) is 72.0 cm³/mol. The van der Waals surface area contributed by atoms with Gasteiger partial charge in [-0.05, 0) is 24.3 Å². The van der Waals surface area contributed by atoms with Crippen LogP contribution in [0.3, 0.4) is 0 Å². The fourth-order valence-corrected chi connectivity index (χ4v) is 2.32. The van der Waals surface area contributed by atoms with Gasteiger partial charge in [0.25, 0.3) is 5.91 Å². The molecule has 7 heteroatoms. The zero-order chi connectivity index (χ0) is 13.9. The molecule has 0 aliphatic carbocycles. The van der Waals surface area contributed by atoms with Crippen molar-refractivity contribution >= 4 is 27.7 Å². The molecule has 0 saturated heterocycles. The summed E-state index contributed by atoms with van der Waals surface area (Å²) in [5.41, 5.74) is 0.288. The van der Waals surface area contributed by atoms with Gasteiger partial charge >= 0.3 is 5.82 Å². The highest BCUT2D eigenvalue weighted by molar-refractivity contribution is 9.09. The van der Waals surface area contributed by atoms with E-state index in [1.54, 1.807) is 0 Å². The summed E-state index contributed by atoms with van der Waals surface area (Å²) in [5.74, 6) is -0.395. The Kier molecular flexibility index (Phi) is 4.89. The Labute approximate surface area is 114 Å². The van der Waals surface area contributed by atoms with Crippen LogP contribution in [0.2, 0.25) is 0 Å². The van der Waals surface area contributed by atoms with Crippen molar-refractivity contribution in [2.24, 2.45) is 7.05 Å². The van der Waals surface area contributed by atoms with Gasteiger partial charge in [0.05, 0.1) is 7.05 Å². The molecule has 1 amide bonds. The van der Waals surface area contributed by atoms with Crippen molar-refractivity contribution in [3.63, 3.8) is 0 Å². The number of carbonyl (C=O) groups is 1. The molecule has 0 bridgehead atoms. The Morgan fingerprint density at radius 1 is 1.56 bits per heavy atom. The van der Waals surface area contributed by atoms with Crippen molar-refractivity contribution in [2.45, 2.75) is 31.1 Å². The molecule has 0 aliphatic heterocycles. The minimum atomic E-state index is -0.513. The lowest BCUT2D eigenvalue weighted by Crippen LogP contribution is -2.34. The molecule has 100 valence electrons. The Morgan fingerprint density at radius 2 is 2.17 bits per heavy atom. The normalized spacial score (nSPS) is 14.0. The monoisotopic (exact) mass is 317 g/mol. The molecule has 0 fully saturated rings. The Bertz CT molecular complexity index is 456. The third-order valence-corrected chi connectivity index (χ3v) is 2.94. The van der Waals surface area contributed by atoms with Gasteiger partial charge in [-0.3, -0.25) is 4.79 Å². The van der Waals surface area contributed by atoms with Crippen LogP contribution in [0, 0.1) is 10.1 Å². The van der Waals surface area contributed by atoms with Gasteiger partial charge in [-0.1, -0.05) is 22.9 Å². The van der Waals surface area contributed by atoms with Gasteiger partial charge in [0.15, 0.2) is 5.69 Å². The summed E-state index contributed by atoms with van der Waals surface area (Å²) in [7, 11) is 1.50. The van der Waals surface area contributed by atoms with E-state index in [9.17, 15) is 14.9 Å². The molecular weight excluding hydrogens is 302 g/mol. The number of aromatic nitrogens is 1. The maximum Gasteiger partial charge on any atom is 0.323 e. The highest BCUT2D eigenvalue weighted by atomic mass is 79.9. The largest absolute Gasteiger partial charge is 0.358 e.